The van der Waals surface area contributed by atoms with E-state index in [1.54, 1.807) is 0 Å². The third-order valence-corrected chi connectivity index (χ3v) is 4.14. The molecule has 4 rings (SSSR count). The summed E-state index contributed by atoms with van der Waals surface area (Å²) in [4.78, 5) is 0. The fraction of sp³-hybridized carbons (Fsp3) is 0.0455. The van der Waals surface area contributed by atoms with Crippen LogP contribution < -0.4 is 4.57 Å². The van der Waals surface area contributed by atoms with E-state index in [9.17, 15) is 0 Å². The molecule has 0 N–H and O–H groups in total. The number of nitrogens with zero attached hydrogens (tertiary/aromatic N) is 1. The maximum absolute atomic E-state index is 6.10. The molecule has 0 aliphatic heterocycles. The number of rotatable bonds is 3. The van der Waals surface area contributed by atoms with Gasteiger partial charge in [-0.05, 0) is 23.3 Å². The lowest BCUT2D eigenvalue weighted by Gasteiger charge is -2.01. The van der Waals surface area contributed by atoms with Gasteiger partial charge in [0, 0.05) is 5.56 Å². The molecular formula is C22H18NO+. The summed E-state index contributed by atoms with van der Waals surface area (Å²) < 4.78 is 8.12. The van der Waals surface area contributed by atoms with Crippen molar-refractivity contribution in [2.24, 2.45) is 7.05 Å². The smallest absolute Gasteiger partial charge is 0.380 e. The maximum Gasteiger partial charge on any atom is 0.380 e. The predicted octanol–water partition coefficient (Wildman–Crippen LogP) is 5.11. The van der Waals surface area contributed by atoms with Crippen molar-refractivity contribution in [2.45, 2.75) is 0 Å². The second kappa shape index (κ2) is 6.17. The molecule has 0 aliphatic rings. The maximum atomic E-state index is 6.10. The molecule has 0 saturated carbocycles. The molecule has 2 nitrogen and oxygen atoms in total. The van der Waals surface area contributed by atoms with Gasteiger partial charge in [-0.2, -0.15) is 4.57 Å². The molecule has 0 aliphatic carbocycles. The van der Waals surface area contributed by atoms with Gasteiger partial charge in [-0.3, -0.25) is 0 Å². The molecule has 1 aromatic heterocycles. The molecule has 0 radical (unpaired) electrons. The summed E-state index contributed by atoms with van der Waals surface area (Å²) in [5, 5.41) is 0. The van der Waals surface area contributed by atoms with Crippen molar-refractivity contribution in [1.29, 1.82) is 0 Å². The fourth-order valence-corrected chi connectivity index (χ4v) is 2.87. The van der Waals surface area contributed by atoms with Gasteiger partial charge in [0.15, 0.2) is 0 Å². The van der Waals surface area contributed by atoms with Crippen molar-refractivity contribution in [2.75, 3.05) is 0 Å². The van der Waals surface area contributed by atoms with Crippen LogP contribution in [-0.2, 0) is 7.05 Å². The van der Waals surface area contributed by atoms with Crippen molar-refractivity contribution >= 4 is 0 Å². The van der Waals surface area contributed by atoms with Crippen LogP contribution in [0.15, 0.2) is 95.5 Å². The fourth-order valence-electron chi connectivity index (χ4n) is 2.87. The first kappa shape index (κ1) is 14.5. The molecule has 116 valence electrons. The standard InChI is InChI=1S/C22H18NO/c1-23-16-21(19-10-6-3-7-11-19)24-22(23)20-14-12-18(13-15-20)17-8-4-2-5-9-17/h2-16H,1H3/q+1. The molecule has 0 atom stereocenters. The molecule has 0 bridgehead atoms. The Hall–Kier alpha value is -3.13. The lowest BCUT2D eigenvalue weighted by molar-refractivity contribution is -0.662. The first-order valence-electron chi connectivity index (χ1n) is 8.02. The van der Waals surface area contributed by atoms with Crippen molar-refractivity contribution in [3.05, 3.63) is 91.1 Å². The SMILES string of the molecule is C[n+]1cc(-c2ccccc2)oc1-c1ccc(-c2ccccc2)cc1. The summed E-state index contributed by atoms with van der Waals surface area (Å²) in [5.74, 6) is 1.73. The number of benzene rings is 3. The average Bonchev–Trinajstić information content (AvgIpc) is 3.05. The normalized spacial score (nSPS) is 10.7. The van der Waals surface area contributed by atoms with Gasteiger partial charge in [0.1, 0.15) is 7.05 Å². The van der Waals surface area contributed by atoms with Crippen LogP contribution >= 0.6 is 0 Å². The highest BCUT2D eigenvalue weighted by molar-refractivity contribution is 5.67. The van der Waals surface area contributed by atoms with E-state index in [1.807, 2.05) is 42.1 Å². The summed E-state index contributed by atoms with van der Waals surface area (Å²) in [6.07, 6.45) is 2.02. The second-order valence-electron chi connectivity index (χ2n) is 5.82. The van der Waals surface area contributed by atoms with Crippen LogP contribution in [0.3, 0.4) is 0 Å². The molecular weight excluding hydrogens is 294 g/mol. The van der Waals surface area contributed by atoms with E-state index in [4.69, 9.17) is 4.42 Å². The number of aryl methyl sites for hydroxylation is 1. The Labute approximate surface area is 141 Å². The molecule has 0 saturated heterocycles. The van der Waals surface area contributed by atoms with Gasteiger partial charge in [0.05, 0.1) is 5.56 Å². The van der Waals surface area contributed by atoms with Gasteiger partial charge in [0.2, 0.25) is 12.0 Å². The first-order chi connectivity index (χ1) is 11.8. The van der Waals surface area contributed by atoms with Crippen LogP contribution in [0, 0.1) is 0 Å². The van der Waals surface area contributed by atoms with E-state index in [1.165, 1.54) is 11.1 Å². The molecule has 2 heteroatoms. The zero-order valence-corrected chi connectivity index (χ0v) is 13.5. The topological polar surface area (TPSA) is 17.0 Å². The van der Waals surface area contributed by atoms with E-state index in [0.717, 1.165) is 22.8 Å². The number of hydrogen-bond donors (Lipinski definition) is 0. The highest BCUT2D eigenvalue weighted by atomic mass is 16.4. The number of hydrogen-bond acceptors (Lipinski definition) is 1. The van der Waals surface area contributed by atoms with Crippen LogP contribution in [0.4, 0.5) is 0 Å². The van der Waals surface area contributed by atoms with Gasteiger partial charge in [-0.25, -0.2) is 0 Å². The quantitative estimate of drug-likeness (QED) is 0.481. The molecule has 4 aromatic rings. The van der Waals surface area contributed by atoms with Crippen LogP contribution in [0.1, 0.15) is 0 Å². The lowest BCUT2D eigenvalue weighted by atomic mass is 10.0. The number of oxazole rings is 1. The molecule has 0 spiro atoms. The van der Waals surface area contributed by atoms with Crippen molar-refractivity contribution in [1.82, 2.24) is 0 Å². The monoisotopic (exact) mass is 312 g/mol. The van der Waals surface area contributed by atoms with Crippen LogP contribution in [0.25, 0.3) is 33.9 Å². The van der Waals surface area contributed by atoms with Crippen LogP contribution in [0.2, 0.25) is 0 Å². The van der Waals surface area contributed by atoms with Crippen molar-refractivity contribution < 1.29 is 8.98 Å². The summed E-state index contributed by atoms with van der Waals surface area (Å²) in [6, 6.07) is 29.0. The Morgan fingerprint density at radius 1 is 0.583 bits per heavy atom. The lowest BCUT2D eigenvalue weighted by Crippen LogP contribution is -2.26. The third kappa shape index (κ3) is 2.74. The number of aromatic nitrogens is 1. The Kier molecular flexibility index (Phi) is 3.72. The second-order valence-corrected chi connectivity index (χ2v) is 5.82. The molecule has 0 amide bonds. The highest BCUT2D eigenvalue weighted by Crippen LogP contribution is 2.26. The summed E-state index contributed by atoms with van der Waals surface area (Å²) in [7, 11) is 2.01. The molecule has 0 fully saturated rings. The minimum Gasteiger partial charge on any atom is -0.398 e. The van der Waals surface area contributed by atoms with E-state index in [0.29, 0.717) is 0 Å². The van der Waals surface area contributed by atoms with Gasteiger partial charge in [0.25, 0.3) is 0 Å². The molecule has 1 heterocycles. The largest absolute Gasteiger partial charge is 0.398 e. The summed E-state index contributed by atoms with van der Waals surface area (Å²) >= 11 is 0. The van der Waals surface area contributed by atoms with Gasteiger partial charge in [-0.1, -0.05) is 72.8 Å². The summed E-state index contributed by atoms with van der Waals surface area (Å²) in [6.45, 7) is 0. The third-order valence-electron chi connectivity index (χ3n) is 4.14. The van der Waals surface area contributed by atoms with Gasteiger partial charge >= 0.3 is 5.89 Å². The minimum absolute atomic E-state index is 0.855. The zero-order chi connectivity index (χ0) is 16.4. The Bertz CT molecular complexity index is 938. The Morgan fingerprint density at radius 2 is 1.08 bits per heavy atom. The van der Waals surface area contributed by atoms with E-state index < -0.39 is 0 Å². The molecule has 24 heavy (non-hydrogen) atoms. The van der Waals surface area contributed by atoms with Crippen LogP contribution in [0.5, 0.6) is 0 Å². The minimum atomic E-state index is 0.855. The van der Waals surface area contributed by atoms with Gasteiger partial charge in [-0.15, -0.1) is 0 Å². The van der Waals surface area contributed by atoms with Crippen molar-refractivity contribution in [3.63, 3.8) is 0 Å². The van der Waals surface area contributed by atoms with Crippen LogP contribution in [-0.4, -0.2) is 0 Å². The van der Waals surface area contributed by atoms with Crippen molar-refractivity contribution in [3.8, 4) is 33.9 Å². The predicted molar refractivity (Wildman–Crippen MR) is 96.2 cm³/mol. The Morgan fingerprint density at radius 3 is 1.71 bits per heavy atom. The average molecular weight is 312 g/mol. The highest BCUT2D eigenvalue weighted by Gasteiger charge is 2.19. The molecule has 3 aromatic carbocycles. The summed E-state index contributed by atoms with van der Waals surface area (Å²) in [5.41, 5.74) is 4.58. The van der Waals surface area contributed by atoms with E-state index in [2.05, 4.69) is 60.7 Å². The van der Waals surface area contributed by atoms with E-state index >= 15 is 0 Å². The zero-order valence-electron chi connectivity index (χ0n) is 13.5. The van der Waals surface area contributed by atoms with E-state index in [-0.39, 0.29) is 0 Å². The Balaban J connectivity index is 1.68. The first-order valence-corrected chi connectivity index (χ1v) is 8.02. The van der Waals surface area contributed by atoms with Gasteiger partial charge < -0.3 is 4.42 Å². The molecule has 0 unspecified atom stereocenters.